The third kappa shape index (κ3) is 3.13. The molecule has 1 aliphatic rings. The molecule has 1 aromatic carbocycles. The first-order valence-electron chi connectivity index (χ1n) is 6.79. The van der Waals surface area contributed by atoms with Gasteiger partial charge in [0, 0.05) is 12.1 Å². The zero-order valence-electron chi connectivity index (χ0n) is 11.5. The highest BCUT2D eigenvalue weighted by Crippen LogP contribution is 2.27. The van der Waals surface area contributed by atoms with E-state index in [1.165, 1.54) is 6.07 Å². The van der Waals surface area contributed by atoms with E-state index in [2.05, 4.69) is 10.6 Å². The zero-order valence-corrected chi connectivity index (χ0v) is 11.5. The molecule has 4 heteroatoms. The Morgan fingerprint density at radius 1 is 1.47 bits per heavy atom. The van der Waals surface area contributed by atoms with Gasteiger partial charge in [-0.25, -0.2) is 4.39 Å². The van der Waals surface area contributed by atoms with Crippen molar-refractivity contribution in [3.05, 3.63) is 35.6 Å². The first kappa shape index (κ1) is 14.0. The minimum Gasteiger partial charge on any atom is -0.349 e. The minimum absolute atomic E-state index is 0.00421. The first-order valence-corrected chi connectivity index (χ1v) is 6.79. The second kappa shape index (κ2) is 5.70. The maximum absolute atomic E-state index is 13.7. The Morgan fingerprint density at radius 3 is 2.84 bits per heavy atom. The van der Waals surface area contributed by atoms with E-state index in [1.54, 1.807) is 18.2 Å². The molecular formula is C15H21FN2O. The Bertz CT molecular complexity index is 455. The number of nitrogens with one attached hydrogen (secondary N) is 2. The molecule has 0 bridgehead atoms. The van der Waals surface area contributed by atoms with Crippen molar-refractivity contribution in [3.63, 3.8) is 0 Å². The number of halogens is 1. The topological polar surface area (TPSA) is 41.1 Å². The number of piperidine rings is 1. The number of rotatable bonds is 3. The molecule has 1 fully saturated rings. The molecule has 1 amide bonds. The second-order valence-electron chi connectivity index (χ2n) is 5.56. The molecule has 2 N–H and O–H groups in total. The normalized spacial score (nSPS) is 24.8. The molecule has 19 heavy (non-hydrogen) atoms. The summed E-state index contributed by atoms with van der Waals surface area (Å²) >= 11 is 0. The van der Waals surface area contributed by atoms with Gasteiger partial charge in [0.2, 0.25) is 5.91 Å². The lowest BCUT2D eigenvalue weighted by atomic mass is 9.81. The number of amides is 1. The van der Waals surface area contributed by atoms with Gasteiger partial charge in [-0.2, -0.15) is 0 Å². The monoisotopic (exact) mass is 264 g/mol. The van der Waals surface area contributed by atoms with Gasteiger partial charge in [0.15, 0.2) is 0 Å². The van der Waals surface area contributed by atoms with Gasteiger partial charge in [0.1, 0.15) is 5.82 Å². The second-order valence-corrected chi connectivity index (χ2v) is 5.56. The van der Waals surface area contributed by atoms with Gasteiger partial charge in [-0.3, -0.25) is 4.79 Å². The summed E-state index contributed by atoms with van der Waals surface area (Å²) in [5.74, 6) is -0.280. The molecule has 0 spiro atoms. The third-order valence-corrected chi connectivity index (χ3v) is 3.86. The quantitative estimate of drug-likeness (QED) is 0.880. The summed E-state index contributed by atoms with van der Waals surface area (Å²) in [5, 5.41) is 6.17. The number of carbonyl (C=O) groups is 1. The molecule has 1 saturated heterocycles. The lowest BCUT2D eigenvalue weighted by Crippen LogP contribution is -2.49. The van der Waals surface area contributed by atoms with E-state index in [9.17, 15) is 9.18 Å². The average molecular weight is 264 g/mol. The van der Waals surface area contributed by atoms with Gasteiger partial charge in [-0.1, -0.05) is 18.2 Å². The van der Waals surface area contributed by atoms with Gasteiger partial charge in [-0.05, 0) is 39.3 Å². The van der Waals surface area contributed by atoms with E-state index in [4.69, 9.17) is 0 Å². The van der Waals surface area contributed by atoms with Crippen LogP contribution in [-0.2, 0) is 4.79 Å². The van der Waals surface area contributed by atoms with Crippen LogP contribution < -0.4 is 10.6 Å². The molecule has 104 valence electrons. The Morgan fingerprint density at radius 2 is 2.21 bits per heavy atom. The number of benzene rings is 1. The van der Waals surface area contributed by atoms with Crippen molar-refractivity contribution >= 4 is 5.91 Å². The fourth-order valence-corrected chi connectivity index (χ4v) is 2.52. The van der Waals surface area contributed by atoms with Crippen molar-refractivity contribution in [1.29, 1.82) is 0 Å². The summed E-state index contributed by atoms with van der Waals surface area (Å²) < 4.78 is 13.7. The Balaban J connectivity index is 2.04. The van der Waals surface area contributed by atoms with Crippen LogP contribution in [0.25, 0.3) is 0 Å². The standard InChI is InChI=1S/C15H21FN2O/c1-11(12-6-3-4-7-13(12)16)18-14(19)15(2)8-5-9-17-10-15/h3-4,6-7,11,17H,5,8-10H2,1-2H3,(H,18,19). The van der Waals surface area contributed by atoms with Crippen LogP contribution in [0.2, 0.25) is 0 Å². The van der Waals surface area contributed by atoms with E-state index in [1.807, 2.05) is 13.8 Å². The van der Waals surface area contributed by atoms with Crippen molar-refractivity contribution < 1.29 is 9.18 Å². The SMILES string of the molecule is CC(NC(=O)C1(C)CCCNC1)c1ccccc1F. The molecule has 2 unspecified atom stereocenters. The smallest absolute Gasteiger partial charge is 0.227 e. The van der Waals surface area contributed by atoms with Crippen LogP contribution in [-0.4, -0.2) is 19.0 Å². The van der Waals surface area contributed by atoms with Crippen molar-refractivity contribution in [3.8, 4) is 0 Å². The summed E-state index contributed by atoms with van der Waals surface area (Å²) in [6, 6.07) is 6.25. The van der Waals surface area contributed by atoms with E-state index < -0.39 is 5.41 Å². The molecule has 0 saturated carbocycles. The van der Waals surface area contributed by atoms with Gasteiger partial charge < -0.3 is 10.6 Å². The van der Waals surface area contributed by atoms with Gasteiger partial charge in [-0.15, -0.1) is 0 Å². The van der Waals surface area contributed by atoms with Crippen LogP contribution in [0.5, 0.6) is 0 Å². The fourth-order valence-electron chi connectivity index (χ4n) is 2.52. The number of hydrogen-bond acceptors (Lipinski definition) is 2. The summed E-state index contributed by atoms with van der Waals surface area (Å²) in [4.78, 5) is 12.3. The molecular weight excluding hydrogens is 243 g/mol. The van der Waals surface area contributed by atoms with E-state index in [-0.39, 0.29) is 17.8 Å². The summed E-state index contributed by atoms with van der Waals surface area (Å²) in [6.07, 6.45) is 1.87. The number of hydrogen-bond donors (Lipinski definition) is 2. The van der Waals surface area contributed by atoms with Gasteiger partial charge in [0.25, 0.3) is 0 Å². The minimum atomic E-state index is -0.391. The Labute approximate surface area is 113 Å². The summed E-state index contributed by atoms with van der Waals surface area (Å²) in [7, 11) is 0. The van der Waals surface area contributed by atoms with E-state index in [0.29, 0.717) is 12.1 Å². The lowest BCUT2D eigenvalue weighted by molar-refractivity contribution is -0.131. The number of carbonyl (C=O) groups excluding carboxylic acids is 1. The highest BCUT2D eigenvalue weighted by molar-refractivity contribution is 5.83. The van der Waals surface area contributed by atoms with Crippen molar-refractivity contribution in [2.24, 2.45) is 5.41 Å². The predicted octanol–water partition coefficient (Wildman–Crippen LogP) is 2.39. The van der Waals surface area contributed by atoms with Crippen molar-refractivity contribution in [1.82, 2.24) is 10.6 Å². The molecule has 2 atom stereocenters. The molecule has 1 aliphatic heterocycles. The lowest BCUT2D eigenvalue weighted by Gasteiger charge is -2.33. The molecule has 0 aromatic heterocycles. The summed E-state index contributed by atoms with van der Waals surface area (Å²) in [5.41, 5.74) is 0.140. The molecule has 3 nitrogen and oxygen atoms in total. The predicted molar refractivity (Wildman–Crippen MR) is 73.2 cm³/mol. The Hall–Kier alpha value is -1.42. The van der Waals surface area contributed by atoms with E-state index in [0.717, 1.165) is 19.4 Å². The van der Waals surface area contributed by atoms with E-state index >= 15 is 0 Å². The van der Waals surface area contributed by atoms with Crippen LogP contribution in [0.15, 0.2) is 24.3 Å². The van der Waals surface area contributed by atoms with Gasteiger partial charge in [0.05, 0.1) is 11.5 Å². The maximum Gasteiger partial charge on any atom is 0.227 e. The maximum atomic E-state index is 13.7. The summed E-state index contributed by atoms with van der Waals surface area (Å²) in [6.45, 7) is 5.42. The van der Waals surface area contributed by atoms with Crippen molar-refractivity contribution in [2.75, 3.05) is 13.1 Å². The van der Waals surface area contributed by atoms with Crippen LogP contribution in [0.1, 0.15) is 38.3 Å². The van der Waals surface area contributed by atoms with Crippen LogP contribution in [0, 0.1) is 11.2 Å². The van der Waals surface area contributed by atoms with Crippen molar-refractivity contribution in [2.45, 2.75) is 32.7 Å². The molecule has 0 radical (unpaired) electrons. The first-order chi connectivity index (χ1) is 9.03. The third-order valence-electron chi connectivity index (χ3n) is 3.86. The molecule has 2 rings (SSSR count). The molecule has 1 heterocycles. The van der Waals surface area contributed by atoms with Gasteiger partial charge >= 0.3 is 0 Å². The highest BCUT2D eigenvalue weighted by atomic mass is 19.1. The average Bonchev–Trinajstić information content (AvgIpc) is 2.40. The highest BCUT2D eigenvalue weighted by Gasteiger charge is 2.35. The zero-order chi connectivity index (χ0) is 13.9. The largest absolute Gasteiger partial charge is 0.349 e. The molecule has 1 aromatic rings. The fraction of sp³-hybridized carbons (Fsp3) is 0.533. The van der Waals surface area contributed by atoms with Crippen LogP contribution in [0.3, 0.4) is 0 Å². The Kier molecular flexibility index (Phi) is 4.20. The van der Waals surface area contributed by atoms with Crippen LogP contribution >= 0.6 is 0 Å². The molecule has 0 aliphatic carbocycles. The van der Waals surface area contributed by atoms with Crippen LogP contribution in [0.4, 0.5) is 4.39 Å².